The van der Waals surface area contributed by atoms with Gasteiger partial charge in [0.05, 0.1) is 42.0 Å². The molecule has 0 unspecified atom stereocenters. The molecule has 3 heterocycles. The van der Waals surface area contributed by atoms with E-state index >= 15 is 0 Å². The van der Waals surface area contributed by atoms with Crippen molar-refractivity contribution in [2.75, 3.05) is 0 Å². The minimum absolute atomic E-state index is 0.0191. The van der Waals surface area contributed by atoms with Crippen LogP contribution in [0.2, 0.25) is 5.02 Å². The number of hydrogen-bond donors (Lipinski definition) is 1. The van der Waals surface area contributed by atoms with Crippen molar-refractivity contribution >= 4 is 11.6 Å². The summed E-state index contributed by atoms with van der Waals surface area (Å²) in [5, 5.41) is 19.2. The number of halogens is 4. The fraction of sp³-hybridized carbons (Fsp3) is 0.143. The van der Waals surface area contributed by atoms with E-state index in [9.17, 15) is 22.8 Å². The van der Waals surface area contributed by atoms with E-state index in [0.717, 1.165) is 16.7 Å². The molecular weight excluding hydrogens is 491 g/mol. The number of alkyl halides is 3. The van der Waals surface area contributed by atoms with Crippen molar-refractivity contribution in [3.63, 3.8) is 0 Å². The zero-order valence-electron chi connectivity index (χ0n) is 17.7. The van der Waals surface area contributed by atoms with E-state index < -0.39 is 28.7 Å². The second kappa shape index (κ2) is 9.07. The fourth-order valence-electron chi connectivity index (χ4n) is 3.16. The van der Waals surface area contributed by atoms with Gasteiger partial charge in [-0.3, -0.25) is 18.8 Å². The minimum Gasteiger partial charge on any atom is -0.449 e. The van der Waals surface area contributed by atoms with Crippen molar-refractivity contribution in [1.29, 1.82) is 5.26 Å². The van der Waals surface area contributed by atoms with Crippen LogP contribution in [0.3, 0.4) is 0 Å². The number of ether oxygens (including phenoxy) is 1. The molecular formula is C21H13ClF3N7O3. The molecule has 35 heavy (non-hydrogen) atoms. The predicted molar refractivity (Wildman–Crippen MR) is 116 cm³/mol. The molecule has 3 aromatic heterocycles. The van der Waals surface area contributed by atoms with E-state index in [2.05, 4.69) is 20.3 Å². The Kier molecular flexibility index (Phi) is 6.14. The molecule has 0 aliphatic rings. The topological polar surface area (TPSA) is 131 Å². The van der Waals surface area contributed by atoms with Crippen molar-refractivity contribution < 1.29 is 17.9 Å². The van der Waals surface area contributed by atoms with Gasteiger partial charge in [-0.1, -0.05) is 11.6 Å². The Bertz CT molecular complexity index is 1580. The van der Waals surface area contributed by atoms with E-state index in [1.165, 1.54) is 23.0 Å². The average Bonchev–Trinajstić information content (AvgIpc) is 3.22. The van der Waals surface area contributed by atoms with Crippen LogP contribution in [0.5, 0.6) is 11.5 Å². The first-order valence-electron chi connectivity index (χ1n) is 9.68. The summed E-state index contributed by atoms with van der Waals surface area (Å²) in [5.41, 5.74) is -2.37. The Morgan fingerprint density at radius 2 is 2.00 bits per heavy atom. The van der Waals surface area contributed by atoms with Crippen LogP contribution in [0.25, 0.3) is 11.1 Å². The van der Waals surface area contributed by atoms with Gasteiger partial charge in [0, 0.05) is 23.8 Å². The molecule has 0 atom stereocenters. The van der Waals surface area contributed by atoms with Gasteiger partial charge in [-0.05, 0) is 24.3 Å². The first-order chi connectivity index (χ1) is 16.5. The Hall–Kier alpha value is -4.44. The Morgan fingerprint density at radius 3 is 2.66 bits per heavy atom. The summed E-state index contributed by atoms with van der Waals surface area (Å²) in [6, 6.07) is 6.75. The van der Waals surface area contributed by atoms with Crippen LogP contribution in [0.1, 0.15) is 17.0 Å². The van der Waals surface area contributed by atoms with Crippen LogP contribution < -0.4 is 15.9 Å². The van der Waals surface area contributed by atoms with Crippen molar-refractivity contribution in [3.8, 4) is 28.7 Å². The predicted octanol–water partition coefficient (Wildman–Crippen LogP) is 3.11. The van der Waals surface area contributed by atoms with Gasteiger partial charge in [0.25, 0.3) is 11.1 Å². The zero-order chi connectivity index (χ0) is 25.3. The number of H-pyrrole nitrogens is 1. The van der Waals surface area contributed by atoms with Gasteiger partial charge in [0.15, 0.2) is 5.69 Å². The first kappa shape index (κ1) is 23.7. The summed E-state index contributed by atoms with van der Waals surface area (Å²) in [4.78, 5) is 28.5. The normalized spacial score (nSPS) is 11.3. The number of nitriles is 1. The van der Waals surface area contributed by atoms with E-state index in [1.54, 1.807) is 19.3 Å². The average molecular weight is 504 g/mol. The van der Waals surface area contributed by atoms with Crippen molar-refractivity contribution in [2.45, 2.75) is 12.7 Å². The molecule has 0 aliphatic heterocycles. The number of benzene rings is 1. The second-order valence-corrected chi connectivity index (χ2v) is 7.68. The highest BCUT2D eigenvalue weighted by atomic mass is 35.5. The standard InChI is InChI=1S/C21H13ClF3N7O3/c1-31-8-12(7-28-31)16-5-14(29-30-19(16)33)9-32-10-27-18(21(23,24)25)17(20(32)34)35-15-3-11(6-26)2-13(22)4-15/h2-5,7-8,10H,9H2,1H3,(H,30,33). The molecule has 14 heteroatoms. The molecule has 1 aromatic carbocycles. The van der Waals surface area contributed by atoms with Crippen LogP contribution in [0.15, 0.2) is 52.6 Å². The highest BCUT2D eigenvalue weighted by Gasteiger charge is 2.38. The van der Waals surface area contributed by atoms with Gasteiger partial charge in [-0.15, -0.1) is 0 Å². The largest absolute Gasteiger partial charge is 0.449 e. The third-order valence-electron chi connectivity index (χ3n) is 4.69. The number of aromatic amines is 1. The van der Waals surface area contributed by atoms with Crippen LogP contribution >= 0.6 is 11.6 Å². The van der Waals surface area contributed by atoms with Gasteiger partial charge in [0.2, 0.25) is 5.75 Å². The molecule has 10 nitrogen and oxygen atoms in total. The Labute approximate surface area is 198 Å². The maximum absolute atomic E-state index is 13.6. The molecule has 178 valence electrons. The second-order valence-electron chi connectivity index (χ2n) is 7.25. The molecule has 0 aliphatic carbocycles. The van der Waals surface area contributed by atoms with Gasteiger partial charge in [-0.2, -0.15) is 28.6 Å². The minimum atomic E-state index is -5.01. The molecule has 0 saturated heterocycles. The lowest BCUT2D eigenvalue weighted by atomic mass is 10.1. The van der Waals surface area contributed by atoms with E-state index in [-0.39, 0.29) is 34.1 Å². The summed E-state index contributed by atoms with van der Waals surface area (Å²) in [7, 11) is 1.66. The van der Waals surface area contributed by atoms with Gasteiger partial charge in [-0.25, -0.2) is 10.1 Å². The molecule has 0 saturated carbocycles. The smallest absolute Gasteiger partial charge is 0.437 e. The highest BCUT2D eigenvalue weighted by molar-refractivity contribution is 6.30. The maximum Gasteiger partial charge on any atom is 0.437 e. The first-order valence-corrected chi connectivity index (χ1v) is 10.1. The van der Waals surface area contributed by atoms with Crippen LogP contribution in [-0.2, 0) is 19.8 Å². The molecule has 4 aromatic rings. The van der Waals surface area contributed by atoms with Gasteiger partial charge < -0.3 is 4.74 Å². The van der Waals surface area contributed by atoms with E-state index in [4.69, 9.17) is 21.6 Å². The Morgan fingerprint density at radius 1 is 1.23 bits per heavy atom. The molecule has 0 spiro atoms. The van der Waals surface area contributed by atoms with Crippen molar-refractivity contribution in [3.05, 3.63) is 85.7 Å². The number of aryl methyl sites for hydroxylation is 1. The lowest BCUT2D eigenvalue weighted by Crippen LogP contribution is -2.27. The lowest BCUT2D eigenvalue weighted by molar-refractivity contribution is -0.142. The number of nitrogens with zero attached hydrogens (tertiary/aromatic N) is 6. The SMILES string of the molecule is Cn1cc(-c2cc(Cn3cnc(C(F)(F)F)c(Oc4cc(Cl)cc(C#N)c4)c3=O)n[nH]c2=O)cn1. The van der Waals surface area contributed by atoms with Crippen LogP contribution in [-0.4, -0.2) is 29.5 Å². The molecule has 0 radical (unpaired) electrons. The molecule has 0 amide bonds. The third-order valence-corrected chi connectivity index (χ3v) is 4.91. The van der Waals surface area contributed by atoms with E-state index in [0.29, 0.717) is 11.9 Å². The molecule has 4 rings (SSSR count). The molecule has 0 bridgehead atoms. The zero-order valence-corrected chi connectivity index (χ0v) is 18.4. The molecule has 1 N–H and O–H groups in total. The number of nitrogens with one attached hydrogen (secondary N) is 1. The van der Waals surface area contributed by atoms with Crippen LogP contribution in [0, 0.1) is 11.3 Å². The summed E-state index contributed by atoms with van der Waals surface area (Å²) >= 11 is 5.89. The Balaban J connectivity index is 1.77. The van der Waals surface area contributed by atoms with Crippen molar-refractivity contribution in [1.82, 2.24) is 29.5 Å². The van der Waals surface area contributed by atoms with Crippen molar-refractivity contribution in [2.24, 2.45) is 7.05 Å². The maximum atomic E-state index is 13.6. The number of aromatic nitrogens is 6. The van der Waals surface area contributed by atoms with Gasteiger partial charge >= 0.3 is 6.18 Å². The molecule has 0 fully saturated rings. The number of rotatable bonds is 5. The van der Waals surface area contributed by atoms with E-state index in [1.807, 2.05) is 0 Å². The summed E-state index contributed by atoms with van der Waals surface area (Å²) in [6.07, 6.45) is -1.26. The number of hydrogen-bond acceptors (Lipinski definition) is 7. The lowest BCUT2D eigenvalue weighted by Gasteiger charge is -2.15. The monoisotopic (exact) mass is 503 g/mol. The third kappa shape index (κ3) is 5.07. The van der Waals surface area contributed by atoms with Gasteiger partial charge in [0.1, 0.15) is 5.75 Å². The summed E-state index contributed by atoms with van der Waals surface area (Å²) in [6.45, 7) is -0.330. The van der Waals surface area contributed by atoms with Crippen LogP contribution in [0.4, 0.5) is 13.2 Å². The summed E-state index contributed by atoms with van der Waals surface area (Å²) in [5.74, 6) is -1.36. The quantitative estimate of drug-likeness (QED) is 0.442. The fourth-order valence-corrected chi connectivity index (χ4v) is 3.38. The highest BCUT2D eigenvalue weighted by Crippen LogP contribution is 2.35. The summed E-state index contributed by atoms with van der Waals surface area (Å²) < 4.78 is 48.3.